The molecule has 0 aromatic heterocycles. The van der Waals surface area contributed by atoms with Crippen LogP contribution in [0.25, 0.3) is 0 Å². The van der Waals surface area contributed by atoms with Gasteiger partial charge in [0.2, 0.25) is 0 Å². The molecule has 0 aliphatic carbocycles. The number of hydrogen-bond donors (Lipinski definition) is 1. The van der Waals surface area contributed by atoms with Crippen LogP contribution in [0.2, 0.25) is 0 Å². The van der Waals surface area contributed by atoms with Gasteiger partial charge in [-0.2, -0.15) is 8.42 Å². The van der Waals surface area contributed by atoms with Gasteiger partial charge in [0.25, 0.3) is 0 Å². The third-order valence-electron chi connectivity index (χ3n) is 0.122. The third kappa shape index (κ3) is 3.87. The molecule has 0 atom stereocenters. The number of rotatable bonds is 1. The van der Waals surface area contributed by atoms with E-state index in [9.17, 15) is 8.42 Å². The van der Waals surface area contributed by atoms with E-state index in [1.807, 2.05) is 0 Å². The topological polar surface area (TPSA) is 63.6 Å². The summed E-state index contributed by atoms with van der Waals surface area (Å²) in [6.45, 7) is 0. The summed E-state index contributed by atoms with van der Waals surface area (Å²) < 4.78 is 42.3. The molecule has 0 amide bonds. The average Bonchev–Trinajstić information content (AvgIpc) is 1.21. The highest BCUT2D eigenvalue weighted by Crippen LogP contribution is 1.74. The lowest BCUT2D eigenvalue weighted by Gasteiger charge is -1.82. The Kier molecular flexibility index (Phi) is 0.760. The van der Waals surface area contributed by atoms with Crippen molar-refractivity contribution in [2.75, 3.05) is 7.06 Å². The fraction of sp³-hybridized carbons (Fsp3) is 1.00. The van der Waals surface area contributed by atoms with E-state index in [1.54, 1.807) is 0 Å². The molecule has 0 heterocycles. The van der Waals surface area contributed by atoms with Crippen molar-refractivity contribution in [3.63, 3.8) is 0 Å². The third-order valence-corrected chi connectivity index (χ3v) is 0.365. The second-order valence-electron chi connectivity index (χ2n) is 0.524. The van der Waals surface area contributed by atoms with Crippen molar-refractivity contribution in [1.82, 2.24) is 0 Å². The fourth-order valence-electron chi connectivity index (χ4n) is 0. The minimum atomic E-state index is -4.60. The molecule has 0 aliphatic rings. The highest BCUT2D eigenvalue weighted by atomic mass is 32.3. The molecule has 0 aromatic carbocycles. The quantitative estimate of drug-likeness (QED) is 0.464. The van der Waals surface area contributed by atoms with Crippen molar-refractivity contribution in [3.05, 3.63) is 0 Å². The Morgan fingerprint density at radius 2 is 2.50 bits per heavy atom. The van der Waals surface area contributed by atoms with Gasteiger partial charge in [-0.1, -0.05) is 0 Å². The summed E-state index contributed by atoms with van der Waals surface area (Å²) in [7, 11) is -6.59. The Hall–Kier alpha value is -0.130. The first-order valence-electron chi connectivity index (χ1n) is 2.07. The molecule has 1 N–H and O–H groups in total. The zero-order valence-corrected chi connectivity index (χ0v) is 3.47. The van der Waals surface area contributed by atoms with E-state index >= 15 is 0 Å². The van der Waals surface area contributed by atoms with Crippen LogP contribution >= 0.6 is 0 Å². The van der Waals surface area contributed by atoms with Crippen LogP contribution in [0.3, 0.4) is 0 Å². The zero-order valence-electron chi connectivity index (χ0n) is 4.66. The van der Waals surface area contributed by atoms with Gasteiger partial charge >= 0.3 is 10.4 Å². The molecule has 0 aliphatic heterocycles. The van der Waals surface area contributed by atoms with E-state index < -0.39 is 17.5 Å². The molecule has 38 valence electrons. The molecule has 0 rings (SSSR count). The van der Waals surface area contributed by atoms with Crippen molar-refractivity contribution >= 4 is 10.4 Å². The maximum Gasteiger partial charge on any atom is 0.397 e. The summed E-state index contributed by atoms with van der Waals surface area (Å²) in [5, 5.41) is 0. The van der Waals surface area contributed by atoms with Gasteiger partial charge < -0.3 is 0 Å². The highest BCUT2D eigenvalue weighted by molar-refractivity contribution is 7.80. The zero-order chi connectivity index (χ0) is 6.78. The van der Waals surface area contributed by atoms with Gasteiger partial charge in [-0.3, -0.25) is 8.74 Å². The average molecular weight is 114 g/mol. The van der Waals surface area contributed by atoms with Gasteiger partial charge in [0.1, 0.15) is 0 Å². The molecule has 0 radical (unpaired) electrons. The standard InChI is InChI=1S/CH4O4S/c1-5-6(2,3)4/h1H3,(H,2,3,4)/i1D2. The summed E-state index contributed by atoms with van der Waals surface area (Å²) in [4.78, 5) is 0. The molecule has 5 heteroatoms. The molecule has 0 aromatic rings. The predicted molar refractivity (Wildman–Crippen MR) is 18.6 cm³/mol. The summed E-state index contributed by atoms with van der Waals surface area (Å²) >= 11 is 0. The van der Waals surface area contributed by atoms with Gasteiger partial charge in [0.05, 0.1) is 9.80 Å². The molecular formula is CH4O4S. The van der Waals surface area contributed by atoms with Gasteiger partial charge in [-0.25, -0.2) is 0 Å². The van der Waals surface area contributed by atoms with Crippen molar-refractivity contribution < 1.29 is 19.9 Å². The van der Waals surface area contributed by atoms with Crippen molar-refractivity contribution in [2.24, 2.45) is 0 Å². The first-order valence-corrected chi connectivity index (χ1v) is 2.28. The van der Waals surface area contributed by atoms with Gasteiger partial charge in [-0.15, -0.1) is 0 Å². The van der Waals surface area contributed by atoms with E-state index in [2.05, 4.69) is 4.18 Å². The van der Waals surface area contributed by atoms with E-state index in [4.69, 9.17) is 7.29 Å². The summed E-state index contributed by atoms with van der Waals surface area (Å²) in [5.74, 6) is 0. The lowest BCUT2D eigenvalue weighted by atomic mass is 11.8. The van der Waals surface area contributed by atoms with Crippen LogP contribution in [0.5, 0.6) is 0 Å². The monoisotopic (exact) mass is 114 g/mol. The Morgan fingerprint density at radius 1 is 2.00 bits per heavy atom. The largest absolute Gasteiger partial charge is 0.397 e. The van der Waals surface area contributed by atoms with Gasteiger partial charge in [-0.05, 0) is 0 Å². The molecule has 0 bridgehead atoms. The molecule has 0 unspecified atom stereocenters. The smallest absolute Gasteiger partial charge is 0.264 e. The van der Waals surface area contributed by atoms with Crippen molar-refractivity contribution in [1.29, 1.82) is 0 Å². The fourth-order valence-corrected chi connectivity index (χ4v) is 0. The minimum absolute atomic E-state index is 2.00. The first kappa shape index (κ1) is 2.95. The second kappa shape index (κ2) is 1.55. The van der Waals surface area contributed by atoms with Crippen LogP contribution in [-0.4, -0.2) is 20.0 Å². The predicted octanol–water partition coefficient (Wildman–Crippen LogP) is -0.564. The van der Waals surface area contributed by atoms with Crippen LogP contribution < -0.4 is 0 Å². The Bertz CT molecular complexity index is 147. The maximum atomic E-state index is 9.54. The van der Waals surface area contributed by atoms with Gasteiger partial charge in [0, 0.05) is 0 Å². The lowest BCUT2D eigenvalue weighted by molar-refractivity contribution is 0.324. The van der Waals surface area contributed by atoms with E-state index in [0.717, 1.165) is 0 Å². The van der Waals surface area contributed by atoms with Crippen molar-refractivity contribution in [2.45, 2.75) is 0 Å². The SMILES string of the molecule is [2H]C([2H])OS(=O)(=O)O. The summed E-state index contributed by atoms with van der Waals surface area (Å²) in [6, 6.07) is 0. The summed E-state index contributed by atoms with van der Waals surface area (Å²) in [6.07, 6.45) is 0. The minimum Gasteiger partial charge on any atom is -0.264 e. The van der Waals surface area contributed by atoms with Crippen molar-refractivity contribution in [3.8, 4) is 0 Å². The Labute approximate surface area is 38.5 Å². The van der Waals surface area contributed by atoms with E-state index in [1.165, 1.54) is 0 Å². The molecule has 0 spiro atoms. The highest BCUT2D eigenvalue weighted by Gasteiger charge is 1.93. The second-order valence-corrected chi connectivity index (χ2v) is 1.57. The van der Waals surface area contributed by atoms with Crippen LogP contribution in [0.1, 0.15) is 2.74 Å². The summed E-state index contributed by atoms with van der Waals surface area (Å²) in [5.41, 5.74) is 0. The van der Waals surface area contributed by atoms with Crippen LogP contribution in [0, 0.1) is 0 Å². The van der Waals surface area contributed by atoms with Gasteiger partial charge in [0.15, 0.2) is 0 Å². The maximum absolute atomic E-state index is 9.54. The molecule has 0 saturated heterocycles. The van der Waals surface area contributed by atoms with Crippen LogP contribution in [-0.2, 0) is 14.6 Å². The van der Waals surface area contributed by atoms with Crippen LogP contribution in [0.15, 0.2) is 0 Å². The Balaban J connectivity index is 3.75. The Morgan fingerprint density at radius 3 is 2.50 bits per heavy atom. The normalized spacial score (nSPS) is 17.0. The van der Waals surface area contributed by atoms with Crippen LogP contribution in [0.4, 0.5) is 0 Å². The molecule has 0 fully saturated rings. The lowest BCUT2D eigenvalue weighted by Crippen LogP contribution is -1.96. The van der Waals surface area contributed by atoms with E-state index in [0.29, 0.717) is 0 Å². The molecular weight excluding hydrogens is 108 g/mol. The molecule has 0 saturated carbocycles. The first-order chi connectivity index (χ1) is 3.42. The number of hydrogen-bond acceptors (Lipinski definition) is 3. The molecule has 4 nitrogen and oxygen atoms in total. The van der Waals surface area contributed by atoms with E-state index in [-0.39, 0.29) is 0 Å². The molecule has 6 heavy (non-hydrogen) atoms.